The highest BCUT2D eigenvalue weighted by Crippen LogP contribution is 2.33. The molecule has 0 aromatic carbocycles. The molecule has 6 nitrogen and oxygen atoms in total. The largest absolute Gasteiger partial charge is 0.330 e. The van der Waals surface area contributed by atoms with Crippen molar-refractivity contribution in [2.24, 2.45) is 7.05 Å². The summed E-state index contributed by atoms with van der Waals surface area (Å²) in [5.74, 6) is 1.92. The number of thiophene rings is 1. The van der Waals surface area contributed by atoms with Crippen LogP contribution in [0.1, 0.15) is 30.4 Å². The molecule has 28 heavy (non-hydrogen) atoms. The molecular formula is C21H24N6S. The molecule has 0 spiro atoms. The lowest BCUT2D eigenvalue weighted by Gasteiger charge is -2.05. The number of imidazole rings is 1. The normalized spacial score (nSPS) is 11.2. The molecule has 0 aliphatic carbocycles. The summed E-state index contributed by atoms with van der Waals surface area (Å²) >= 11 is 1.73. The highest BCUT2D eigenvalue weighted by atomic mass is 32.1. The Hall–Kier alpha value is -2.80. The average molecular weight is 393 g/mol. The number of rotatable bonds is 7. The van der Waals surface area contributed by atoms with Crippen molar-refractivity contribution in [2.45, 2.75) is 39.7 Å². The van der Waals surface area contributed by atoms with Crippen LogP contribution in [0.15, 0.2) is 43.0 Å². The van der Waals surface area contributed by atoms with Gasteiger partial charge in [-0.25, -0.2) is 15.0 Å². The van der Waals surface area contributed by atoms with E-state index < -0.39 is 0 Å². The van der Waals surface area contributed by atoms with Crippen molar-refractivity contribution in [3.05, 3.63) is 60.1 Å². The van der Waals surface area contributed by atoms with Crippen LogP contribution in [0.3, 0.4) is 0 Å². The maximum absolute atomic E-state index is 4.75. The van der Waals surface area contributed by atoms with Gasteiger partial charge in [0.15, 0.2) is 0 Å². The number of hydrogen-bond acceptors (Lipinski definition) is 5. The van der Waals surface area contributed by atoms with E-state index in [4.69, 9.17) is 4.98 Å². The Labute approximate surface area is 168 Å². The molecular weight excluding hydrogens is 368 g/mol. The van der Waals surface area contributed by atoms with Crippen LogP contribution in [-0.4, -0.2) is 29.3 Å². The lowest BCUT2D eigenvalue weighted by Crippen LogP contribution is -2.01. The Morgan fingerprint density at radius 1 is 1.11 bits per heavy atom. The third kappa shape index (κ3) is 4.04. The van der Waals surface area contributed by atoms with Gasteiger partial charge in [0.1, 0.15) is 11.6 Å². The highest BCUT2D eigenvalue weighted by molar-refractivity contribution is 7.18. The Balaban J connectivity index is 1.56. The monoisotopic (exact) mass is 392 g/mol. The summed E-state index contributed by atoms with van der Waals surface area (Å²) < 4.78 is 4.04. The van der Waals surface area contributed by atoms with Crippen LogP contribution in [0.5, 0.6) is 0 Å². The summed E-state index contributed by atoms with van der Waals surface area (Å²) in [6, 6.07) is 6.33. The summed E-state index contributed by atoms with van der Waals surface area (Å²) in [5, 5.41) is 4.24. The van der Waals surface area contributed by atoms with Gasteiger partial charge in [0.25, 0.3) is 0 Å². The van der Waals surface area contributed by atoms with E-state index in [2.05, 4.69) is 51.0 Å². The summed E-state index contributed by atoms with van der Waals surface area (Å²) in [4.78, 5) is 16.2. The molecule has 0 saturated carbocycles. The number of hydrogen-bond donors (Lipinski definition) is 0. The SMILES string of the molecule is CCCc1nc(C)cc(-c2ccc(-c3nccn3CCc3cnn(C)c3)s2)n1. The molecule has 0 aliphatic heterocycles. The minimum Gasteiger partial charge on any atom is -0.330 e. The van der Waals surface area contributed by atoms with E-state index in [1.807, 2.05) is 37.2 Å². The zero-order valence-corrected chi connectivity index (χ0v) is 17.3. The molecule has 0 saturated heterocycles. The van der Waals surface area contributed by atoms with E-state index in [0.717, 1.165) is 58.6 Å². The first-order valence-corrected chi connectivity index (χ1v) is 10.4. The van der Waals surface area contributed by atoms with Crippen LogP contribution in [-0.2, 0) is 26.4 Å². The van der Waals surface area contributed by atoms with Gasteiger partial charge in [0.05, 0.1) is 21.6 Å². The van der Waals surface area contributed by atoms with E-state index in [1.54, 1.807) is 11.3 Å². The zero-order valence-electron chi connectivity index (χ0n) is 16.5. The standard InChI is InChI=1S/C21H24N6S/c1-4-5-20-24-15(2)12-17(25-20)18-6-7-19(28-18)21-22-9-11-27(21)10-8-16-13-23-26(3)14-16/h6-7,9,11-14H,4-5,8,10H2,1-3H3. The minimum absolute atomic E-state index is 0.877. The Morgan fingerprint density at radius 3 is 2.75 bits per heavy atom. The lowest BCUT2D eigenvalue weighted by atomic mass is 10.2. The van der Waals surface area contributed by atoms with Crippen molar-refractivity contribution in [2.75, 3.05) is 0 Å². The maximum Gasteiger partial charge on any atom is 0.150 e. The van der Waals surface area contributed by atoms with Crippen LogP contribution in [0.2, 0.25) is 0 Å². The van der Waals surface area contributed by atoms with Gasteiger partial charge in [-0.15, -0.1) is 11.3 Å². The van der Waals surface area contributed by atoms with Crippen LogP contribution < -0.4 is 0 Å². The fraction of sp³-hybridized carbons (Fsp3) is 0.333. The van der Waals surface area contributed by atoms with E-state index >= 15 is 0 Å². The topological polar surface area (TPSA) is 61.4 Å². The number of aromatic nitrogens is 6. The Morgan fingerprint density at radius 2 is 1.96 bits per heavy atom. The molecule has 0 radical (unpaired) electrons. The fourth-order valence-electron chi connectivity index (χ4n) is 3.25. The van der Waals surface area contributed by atoms with E-state index in [1.165, 1.54) is 5.56 Å². The molecule has 4 rings (SSSR count). The van der Waals surface area contributed by atoms with Gasteiger partial charge in [-0.3, -0.25) is 4.68 Å². The first kappa shape index (κ1) is 18.6. The van der Waals surface area contributed by atoms with Crippen molar-refractivity contribution in [1.82, 2.24) is 29.3 Å². The van der Waals surface area contributed by atoms with Crippen LogP contribution in [0.4, 0.5) is 0 Å². The summed E-state index contributed by atoms with van der Waals surface area (Å²) in [7, 11) is 1.94. The molecule has 0 fully saturated rings. The van der Waals surface area contributed by atoms with Crippen LogP contribution in [0.25, 0.3) is 21.3 Å². The fourth-order valence-corrected chi connectivity index (χ4v) is 4.23. The summed E-state index contributed by atoms with van der Waals surface area (Å²) in [6.07, 6.45) is 10.8. The number of nitrogens with zero attached hydrogens (tertiary/aromatic N) is 6. The van der Waals surface area contributed by atoms with Gasteiger partial charge in [-0.05, 0) is 43.5 Å². The third-order valence-electron chi connectivity index (χ3n) is 4.57. The van der Waals surface area contributed by atoms with Gasteiger partial charge >= 0.3 is 0 Å². The van der Waals surface area contributed by atoms with Crippen molar-refractivity contribution in [3.63, 3.8) is 0 Å². The average Bonchev–Trinajstić information content (AvgIpc) is 3.40. The van der Waals surface area contributed by atoms with E-state index in [0.29, 0.717) is 0 Å². The van der Waals surface area contributed by atoms with Crippen molar-refractivity contribution in [1.29, 1.82) is 0 Å². The molecule has 0 aliphatic rings. The molecule has 7 heteroatoms. The second-order valence-electron chi connectivity index (χ2n) is 6.94. The Kier molecular flexibility index (Phi) is 5.34. The summed E-state index contributed by atoms with van der Waals surface area (Å²) in [5.41, 5.74) is 3.25. The second kappa shape index (κ2) is 8.06. The molecule has 4 aromatic heterocycles. The first-order valence-electron chi connectivity index (χ1n) is 9.56. The molecule has 0 unspecified atom stereocenters. The van der Waals surface area contributed by atoms with Crippen molar-refractivity contribution in [3.8, 4) is 21.3 Å². The van der Waals surface area contributed by atoms with Gasteiger partial charge in [-0.1, -0.05) is 6.92 Å². The van der Waals surface area contributed by atoms with Crippen LogP contribution in [0, 0.1) is 6.92 Å². The first-order chi connectivity index (χ1) is 13.6. The van der Waals surface area contributed by atoms with E-state index in [9.17, 15) is 0 Å². The minimum atomic E-state index is 0.877. The Bertz CT molecular complexity index is 1070. The zero-order chi connectivity index (χ0) is 19.5. The van der Waals surface area contributed by atoms with Crippen LogP contribution >= 0.6 is 11.3 Å². The highest BCUT2D eigenvalue weighted by Gasteiger charge is 2.12. The number of aryl methyl sites for hydroxylation is 5. The molecule has 4 heterocycles. The molecule has 0 N–H and O–H groups in total. The van der Waals surface area contributed by atoms with Crippen molar-refractivity contribution < 1.29 is 0 Å². The predicted octanol–water partition coefficient (Wildman–Crippen LogP) is 4.31. The molecule has 4 aromatic rings. The molecule has 144 valence electrons. The van der Waals surface area contributed by atoms with Gasteiger partial charge < -0.3 is 4.57 Å². The molecule has 0 bridgehead atoms. The molecule has 0 atom stereocenters. The van der Waals surface area contributed by atoms with Crippen molar-refractivity contribution >= 4 is 11.3 Å². The van der Waals surface area contributed by atoms with Gasteiger partial charge in [0, 0.05) is 44.3 Å². The predicted molar refractivity (Wildman–Crippen MR) is 112 cm³/mol. The smallest absolute Gasteiger partial charge is 0.150 e. The maximum atomic E-state index is 4.75. The van der Waals surface area contributed by atoms with Gasteiger partial charge in [0.2, 0.25) is 0 Å². The third-order valence-corrected chi connectivity index (χ3v) is 5.67. The molecule has 0 amide bonds. The van der Waals surface area contributed by atoms with Gasteiger partial charge in [-0.2, -0.15) is 5.10 Å². The lowest BCUT2D eigenvalue weighted by molar-refractivity contribution is 0.702. The summed E-state index contributed by atoms with van der Waals surface area (Å²) in [6.45, 7) is 5.06. The quantitative estimate of drug-likeness (QED) is 0.470. The second-order valence-corrected chi connectivity index (χ2v) is 8.02. The van der Waals surface area contributed by atoms with E-state index in [-0.39, 0.29) is 0 Å².